The second-order valence-electron chi connectivity index (χ2n) is 6.30. The summed E-state index contributed by atoms with van der Waals surface area (Å²) in [6.45, 7) is 0. The summed E-state index contributed by atoms with van der Waals surface area (Å²) in [5, 5.41) is 2.97. The van der Waals surface area contributed by atoms with Crippen LogP contribution in [0.15, 0.2) is 24.4 Å². The van der Waals surface area contributed by atoms with Crippen LogP contribution in [0.4, 0.5) is 10.3 Å². The molecule has 1 aliphatic carbocycles. The van der Waals surface area contributed by atoms with Gasteiger partial charge in [-0.25, -0.2) is 14.4 Å². The number of benzene rings is 1. The van der Waals surface area contributed by atoms with Crippen LogP contribution in [0.5, 0.6) is 5.75 Å². The Labute approximate surface area is 146 Å². The Hall–Kier alpha value is -2.70. The quantitative estimate of drug-likeness (QED) is 0.919. The van der Waals surface area contributed by atoms with Gasteiger partial charge in [0.05, 0.1) is 7.11 Å². The van der Waals surface area contributed by atoms with Gasteiger partial charge in [0.15, 0.2) is 11.6 Å². The Morgan fingerprint density at radius 2 is 2.20 bits per heavy atom. The minimum atomic E-state index is -0.547. The number of ether oxygens (including phenoxy) is 1. The fourth-order valence-electron chi connectivity index (χ4n) is 2.91. The van der Waals surface area contributed by atoms with Gasteiger partial charge in [-0.1, -0.05) is 0 Å². The number of halogens is 1. The first-order chi connectivity index (χ1) is 12.0. The Bertz CT molecular complexity index is 795. The van der Waals surface area contributed by atoms with Crippen LogP contribution in [0.3, 0.4) is 0 Å². The minimum absolute atomic E-state index is 0.0148. The predicted octanol–water partition coefficient (Wildman–Crippen LogP) is 1.98. The summed E-state index contributed by atoms with van der Waals surface area (Å²) in [4.78, 5) is 23.1. The lowest BCUT2D eigenvalue weighted by Crippen LogP contribution is -2.39. The van der Waals surface area contributed by atoms with Crippen molar-refractivity contribution in [3.63, 3.8) is 0 Å². The molecule has 1 aliphatic rings. The number of nitrogens with zero attached hydrogens (tertiary/aromatic N) is 3. The molecular weight excluding hydrogens is 323 g/mol. The van der Waals surface area contributed by atoms with Gasteiger partial charge in [-0.3, -0.25) is 4.79 Å². The molecule has 1 N–H and O–H groups in total. The fourth-order valence-corrected chi connectivity index (χ4v) is 2.91. The van der Waals surface area contributed by atoms with Crippen molar-refractivity contribution >= 4 is 11.9 Å². The zero-order valence-electron chi connectivity index (χ0n) is 14.5. The number of aromatic nitrogens is 2. The molecule has 0 spiro atoms. The third-order valence-corrected chi connectivity index (χ3v) is 4.29. The highest BCUT2D eigenvalue weighted by Gasteiger charge is 2.23. The van der Waals surface area contributed by atoms with E-state index in [0.717, 1.165) is 24.1 Å². The van der Waals surface area contributed by atoms with E-state index >= 15 is 0 Å². The number of fused-ring (bicyclic) bond motifs is 1. The van der Waals surface area contributed by atoms with Crippen LogP contribution in [0.25, 0.3) is 0 Å². The second-order valence-corrected chi connectivity index (χ2v) is 6.30. The molecule has 6 nitrogen and oxygen atoms in total. The summed E-state index contributed by atoms with van der Waals surface area (Å²) in [5.74, 6) is -0.0264. The number of amides is 1. The highest BCUT2D eigenvalue weighted by atomic mass is 19.1. The van der Waals surface area contributed by atoms with Crippen molar-refractivity contribution in [3.8, 4) is 5.75 Å². The summed E-state index contributed by atoms with van der Waals surface area (Å²) in [6.07, 6.45) is 4.07. The average Bonchev–Trinajstić information content (AvgIpc) is 2.61. The highest BCUT2D eigenvalue weighted by molar-refractivity contribution is 5.94. The molecule has 0 saturated carbocycles. The van der Waals surface area contributed by atoms with Gasteiger partial charge < -0.3 is 15.0 Å². The van der Waals surface area contributed by atoms with Gasteiger partial charge in [0, 0.05) is 37.6 Å². The SMILES string of the molecule is COc1ccc(C(=O)NC2CCc3nc(N(C)C)ncc3C2)cc1F. The molecule has 7 heteroatoms. The maximum atomic E-state index is 13.8. The van der Waals surface area contributed by atoms with Crippen LogP contribution in [0.1, 0.15) is 28.0 Å². The number of aryl methyl sites for hydroxylation is 1. The van der Waals surface area contributed by atoms with Crippen LogP contribution in [-0.4, -0.2) is 43.1 Å². The lowest BCUT2D eigenvalue weighted by molar-refractivity contribution is 0.0933. The minimum Gasteiger partial charge on any atom is -0.494 e. The molecule has 3 rings (SSSR count). The van der Waals surface area contributed by atoms with Gasteiger partial charge in [-0.15, -0.1) is 0 Å². The van der Waals surface area contributed by atoms with Gasteiger partial charge in [-0.05, 0) is 43.0 Å². The van der Waals surface area contributed by atoms with E-state index in [0.29, 0.717) is 12.4 Å². The van der Waals surface area contributed by atoms with Crippen molar-refractivity contribution in [3.05, 3.63) is 47.0 Å². The molecule has 25 heavy (non-hydrogen) atoms. The zero-order valence-corrected chi connectivity index (χ0v) is 14.5. The summed E-state index contributed by atoms with van der Waals surface area (Å²) >= 11 is 0. The summed E-state index contributed by atoms with van der Waals surface area (Å²) in [7, 11) is 5.20. The Kier molecular flexibility index (Phi) is 4.83. The number of anilines is 1. The third-order valence-electron chi connectivity index (χ3n) is 4.29. The molecule has 0 bridgehead atoms. The first-order valence-corrected chi connectivity index (χ1v) is 8.14. The molecule has 0 aliphatic heterocycles. The van der Waals surface area contributed by atoms with Crippen molar-refractivity contribution in [1.29, 1.82) is 0 Å². The van der Waals surface area contributed by atoms with Crippen molar-refractivity contribution in [2.75, 3.05) is 26.1 Å². The van der Waals surface area contributed by atoms with Gasteiger partial charge in [-0.2, -0.15) is 0 Å². The lowest BCUT2D eigenvalue weighted by Gasteiger charge is -2.25. The van der Waals surface area contributed by atoms with Gasteiger partial charge in [0.25, 0.3) is 5.91 Å². The Morgan fingerprint density at radius 1 is 1.40 bits per heavy atom. The monoisotopic (exact) mass is 344 g/mol. The Morgan fingerprint density at radius 3 is 2.88 bits per heavy atom. The predicted molar refractivity (Wildman–Crippen MR) is 92.6 cm³/mol. The van der Waals surface area contributed by atoms with Crippen molar-refractivity contribution in [2.45, 2.75) is 25.3 Å². The zero-order chi connectivity index (χ0) is 18.0. The fraction of sp³-hybridized carbons (Fsp3) is 0.389. The topological polar surface area (TPSA) is 67.3 Å². The van der Waals surface area contributed by atoms with E-state index in [2.05, 4.69) is 15.3 Å². The summed E-state index contributed by atoms with van der Waals surface area (Å²) in [5.41, 5.74) is 2.35. The summed E-state index contributed by atoms with van der Waals surface area (Å²) < 4.78 is 18.6. The first-order valence-electron chi connectivity index (χ1n) is 8.14. The van der Waals surface area contributed by atoms with Crippen LogP contribution >= 0.6 is 0 Å². The smallest absolute Gasteiger partial charge is 0.251 e. The molecule has 1 amide bonds. The van der Waals surface area contributed by atoms with Crippen LogP contribution in [0, 0.1) is 5.82 Å². The molecule has 1 atom stereocenters. The van der Waals surface area contributed by atoms with Gasteiger partial charge in [0.2, 0.25) is 5.95 Å². The maximum Gasteiger partial charge on any atom is 0.251 e. The number of methoxy groups -OCH3 is 1. The number of nitrogens with one attached hydrogen (secondary N) is 1. The molecule has 2 aromatic rings. The number of hydrogen-bond donors (Lipinski definition) is 1. The molecule has 1 heterocycles. The highest BCUT2D eigenvalue weighted by Crippen LogP contribution is 2.22. The molecule has 132 valence electrons. The van der Waals surface area contributed by atoms with Gasteiger partial charge >= 0.3 is 0 Å². The standard InChI is InChI=1S/C18H21FN4O2/c1-23(2)18-20-10-12-8-13(5-6-15(12)22-18)21-17(24)11-4-7-16(25-3)14(19)9-11/h4,7,9-10,13H,5-6,8H2,1-3H3,(H,21,24). The third kappa shape index (κ3) is 3.70. The normalized spacial score (nSPS) is 16.1. The van der Waals surface area contributed by atoms with E-state index in [1.807, 2.05) is 25.2 Å². The first kappa shape index (κ1) is 17.1. The molecule has 0 saturated heterocycles. The van der Waals surface area contributed by atoms with E-state index in [-0.39, 0.29) is 23.3 Å². The van der Waals surface area contributed by atoms with Crippen molar-refractivity contribution in [2.24, 2.45) is 0 Å². The number of rotatable bonds is 4. The molecule has 1 unspecified atom stereocenters. The Balaban J connectivity index is 1.68. The molecule has 0 fully saturated rings. The lowest BCUT2D eigenvalue weighted by atomic mass is 9.92. The number of carbonyl (C=O) groups excluding carboxylic acids is 1. The van der Waals surface area contributed by atoms with Crippen LogP contribution in [0.2, 0.25) is 0 Å². The second kappa shape index (κ2) is 7.04. The van der Waals surface area contributed by atoms with Crippen molar-refractivity contribution in [1.82, 2.24) is 15.3 Å². The maximum absolute atomic E-state index is 13.8. The number of hydrogen-bond acceptors (Lipinski definition) is 5. The van der Waals surface area contributed by atoms with Crippen molar-refractivity contribution < 1.29 is 13.9 Å². The number of carbonyl (C=O) groups is 1. The van der Waals surface area contributed by atoms with E-state index < -0.39 is 5.82 Å². The molecule has 1 aromatic carbocycles. The van der Waals surface area contributed by atoms with E-state index in [1.165, 1.54) is 19.2 Å². The molecule has 1 aromatic heterocycles. The van der Waals surface area contributed by atoms with E-state index in [9.17, 15) is 9.18 Å². The van der Waals surface area contributed by atoms with Crippen LogP contribution in [-0.2, 0) is 12.8 Å². The van der Waals surface area contributed by atoms with Gasteiger partial charge in [0.1, 0.15) is 0 Å². The molecular formula is C18H21FN4O2. The average molecular weight is 344 g/mol. The van der Waals surface area contributed by atoms with E-state index in [1.54, 1.807) is 6.07 Å². The molecule has 0 radical (unpaired) electrons. The van der Waals surface area contributed by atoms with Crippen LogP contribution < -0.4 is 15.0 Å². The summed E-state index contributed by atoms with van der Waals surface area (Å²) in [6, 6.07) is 4.19. The largest absolute Gasteiger partial charge is 0.494 e. The van der Waals surface area contributed by atoms with E-state index in [4.69, 9.17) is 4.74 Å².